The van der Waals surface area contributed by atoms with Gasteiger partial charge in [-0.15, -0.1) is 0 Å². The SMILES string of the molecule is CC(O)C=O.CCC.COC(C)C(=O)C(C)(C)OCc1ccccc1. The van der Waals surface area contributed by atoms with Gasteiger partial charge in [-0.2, -0.15) is 0 Å². The zero-order chi connectivity index (χ0) is 19.9. The van der Waals surface area contributed by atoms with Crippen LogP contribution in [0.1, 0.15) is 53.5 Å². The maximum Gasteiger partial charge on any atom is 0.192 e. The average Bonchev–Trinajstić information content (AvgIpc) is 2.60. The average molecular weight is 354 g/mol. The number of rotatable bonds is 7. The molecule has 5 nitrogen and oxygen atoms in total. The molecule has 1 aromatic carbocycles. The lowest BCUT2D eigenvalue weighted by atomic mass is 9.99. The van der Waals surface area contributed by atoms with E-state index in [1.54, 1.807) is 20.8 Å². The summed E-state index contributed by atoms with van der Waals surface area (Å²) in [6.45, 7) is 11.4. The van der Waals surface area contributed by atoms with E-state index < -0.39 is 17.8 Å². The molecule has 25 heavy (non-hydrogen) atoms. The van der Waals surface area contributed by atoms with Crippen molar-refractivity contribution >= 4 is 12.1 Å². The molecule has 0 radical (unpaired) electrons. The number of carbonyl (C=O) groups is 2. The first kappa shape index (κ1) is 25.7. The van der Waals surface area contributed by atoms with Gasteiger partial charge in [0.2, 0.25) is 0 Å². The van der Waals surface area contributed by atoms with Gasteiger partial charge in [0.05, 0.1) is 6.61 Å². The molecule has 1 aromatic rings. The number of hydrogen-bond donors (Lipinski definition) is 1. The molecule has 0 bridgehead atoms. The normalized spacial score (nSPS) is 12.6. The molecule has 0 aromatic heterocycles. The highest BCUT2D eigenvalue weighted by Crippen LogP contribution is 2.17. The van der Waals surface area contributed by atoms with Gasteiger partial charge < -0.3 is 19.4 Å². The van der Waals surface area contributed by atoms with Crippen LogP contribution in [0.2, 0.25) is 0 Å². The predicted octanol–water partition coefficient (Wildman–Crippen LogP) is 3.57. The molecule has 0 aliphatic heterocycles. The van der Waals surface area contributed by atoms with Gasteiger partial charge in [0, 0.05) is 7.11 Å². The van der Waals surface area contributed by atoms with Gasteiger partial charge in [-0.05, 0) is 33.3 Å². The molecule has 0 spiro atoms. The van der Waals surface area contributed by atoms with Crippen molar-refractivity contribution in [3.8, 4) is 0 Å². The molecule has 0 amide bonds. The number of aliphatic hydroxyl groups excluding tert-OH is 1. The standard InChI is InChI=1S/C14H20O3.C3H6O2.C3H8/c1-11(16-4)13(15)14(2,3)17-10-12-8-6-5-7-9-12;1-3(5)2-4;1-3-2/h5-9,11H,10H2,1-4H3;2-3,5H,1H3;3H2,1-2H3. The Balaban J connectivity index is 0. The van der Waals surface area contributed by atoms with Gasteiger partial charge in [0.1, 0.15) is 24.1 Å². The molecule has 0 fully saturated rings. The Morgan fingerprint density at radius 2 is 1.64 bits per heavy atom. The van der Waals surface area contributed by atoms with E-state index >= 15 is 0 Å². The minimum atomic E-state index is -0.828. The summed E-state index contributed by atoms with van der Waals surface area (Å²) in [4.78, 5) is 21.2. The number of aliphatic hydroxyl groups is 1. The maximum absolute atomic E-state index is 12.0. The molecule has 2 atom stereocenters. The summed E-state index contributed by atoms with van der Waals surface area (Å²) in [6.07, 6.45) is 0.482. The van der Waals surface area contributed by atoms with E-state index in [2.05, 4.69) is 13.8 Å². The molecule has 5 heteroatoms. The number of carbonyl (C=O) groups excluding carboxylic acids is 2. The highest BCUT2D eigenvalue weighted by Gasteiger charge is 2.32. The van der Waals surface area contributed by atoms with E-state index in [1.165, 1.54) is 20.5 Å². The van der Waals surface area contributed by atoms with Crippen LogP contribution in [0, 0.1) is 0 Å². The summed E-state index contributed by atoms with van der Waals surface area (Å²) in [6, 6.07) is 9.80. The Morgan fingerprint density at radius 1 is 1.20 bits per heavy atom. The molecule has 0 saturated carbocycles. The van der Waals surface area contributed by atoms with Crippen molar-refractivity contribution in [2.45, 2.75) is 72.4 Å². The minimum absolute atomic E-state index is 0.0454. The summed E-state index contributed by atoms with van der Waals surface area (Å²) < 4.78 is 10.7. The molecule has 0 aliphatic rings. The van der Waals surface area contributed by atoms with Crippen LogP contribution in [0.25, 0.3) is 0 Å². The van der Waals surface area contributed by atoms with Crippen molar-refractivity contribution in [3.05, 3.63) is 35.9 Å². The van der Waals surface area contributed by atoms with Crippen LogP contribution in [0.15, 0.2) is 30.3 Å². The summed E-state index contributed by atoms with van der Waals surface area (Å²) in [5.74, 6) is -0.0454. The van der Waals surface area contributed by atoms with Crippen LogP contribution >= 0.6 is 0 Å². The Hall–Kier alpha value is -1.56. The zero-order valence-corrected chi connectivity index (χ0v) is 16.6. The number of ketones is 1. The molecule has 144 valence electrons. The molecule has 1 rings (SSSR count). The lowest BCUT2D eigenvalue weighted by Crippen LogP contribution is -2.41. The van der Waals surface area contributed by atoms with E-state index in [4.69, 9.17) is 14.6 Å². The first-order valence-electron chi connectivity index (χ1n) is 8.54. The molecule has 0 aliphatic carbocycles. The van der Waals surface area contributed by atoms with Gasteiger partial charge >= 0.3 is 0 Å². The van der Waals surface area contributed by atoms with E-state index in [0.29, 0.717) is 12.9 Å². The van der Waals surface area contributed by atoms with Crippen molar-refractivity contribution in [1.82, 2.24) is 0 Å². The fourth-order valence-electron chi connectivity index (χ4n) is 1.51. The van der Waals surface area contributed by atoms with Crippen LogP contribution in [0.5, 0.6) is 0 Å². The monoisotopic (exact) mass is 354 g/mol. The predicted molar refractivity (Wildman–Crippen MR) is 100 cm³/mol. The molecule has 2 unspecified atom stereocenters. The molecule has 0 heterocycles. The van der Waals surface area contributed by atoms with Gasteiger partial charge in [-0.3, -0.25) is 4.79 Å². The van der Waals surface area contributed by atoms with E-state index in [1.807, 2.05) is 30.3 Å². The topological polar surface area (TPSA) is 72.8 Å². The summed E-state index contributed by atoms with van der Waals surface area (Å²) in [5.41, 5.74) is 0.226. The second-order valence-electron chi connectivity index (χ2n) is 6.11. The van der Waals surface area contributed by atoms with Gasteiger partial charge in [0.15, 0.2) is 5.78 Å². The Labute approximate surface area is 152 Å². The van der Waals surface area contributed by atoms with Crippen LogP contribution in [0.4, 0.5) is 0 Å². The van der Waals surface area contributed by atoms with Gasteiger partial charge in [-0.1, -0.05) is 50.6 Å². The van der Waals surface area contributed by atoms with E-state index in [0.717, 1.165) is 5.56 Å². The minimum Gasteiger partial charge on any atom is -0.386 e. The number of benzene rings is 1. The number of aldehydes is 1. The summed E-state index contributed by atoms with van der Waals surface area (Å²) in [7, 11) is 1.52. The van der Waals surface area contributed by atoms with Crippen LogP contribution in [0.3, 0.4) is 0 Å². The number of methoxy groups -OCH3 is 1. The molecule has 0 saturated heterocycles. The fourth-order valence-corrected chi connectivity index (χ4v) is 1.51. The third-order valence-corrected chi connectivity index (χ3v) is 2.96. The molecular weight excluding hydrogens is 320 g/mol. The summed E-state index contributed by atoms with van der Waals surface area (Å²) in [5, 5.41) is 7.99. The zero-order valence-electron chi connectivity index (χ0n) is 16.6. The van der Waals surface area contributed by atoms with Gasteiger partial charge in [-0.25, -0.2) is 0 Å². The van der Waals surface area contributed by atoms with Gasteiger partial charge in [0.25, 0.3) is 0 Å². The van der Waals surface area contributed by atoms with Crippen LogP contribution in [-0.2, 0) is 25.7 Å². The lowest BCUT2D eigenvalue weighted by Gasteiger charge is -2.26. The van der Waals surface area contributed by atoms with Crippen molar-refractivity contribution in [2.24, 2.45) is 0 Å². The third kappa shape index (κ3) is 13.4. The van der Waals surface area contributed by atoms with Crippen LogP contribution in [-0.4, -0.2) is 42.1 Å². The fraction of sp³-hybridized carbons (Fsp3) is 0.600. The third-order valence-electron chi connectivity index (χ3n) is 2.96. The number of hydrogen-bond acceptors (Lipinski definition) is 5. The second kappa shape index (κ2) is 14.8. The summed E-state index contributed by atoms with van der Waals surface area (Å²) >= 11 is 0. The van der Waals surface area contributed by atoms with Crippen molar-refractivity contribution < 1.29 is 24.2 Å². The van der Waals surface area contributed by atoms with Crippen LogP contribution < -0.4 is 0 Å². The number of Topliss-reactive ketones (excluding diaryl/α,β-unsaturated/α-hetero) is 1. The maximum atomic E-state index is 12.0. The molecule has 1 N–H and O–H groups in total. The molecular formula is C20H34O5. The Morgan fingerprint density at radius 3 is 2.00 bits per heavy atom. The highest BCUT2D eigenvalue weighted by molar-refractivity contribution is 5.90. The lowest BCUT2D eigenvalue weighted by molar-refractivity contribution is -0.151. The van der Waals surface area contributed by atoms with E-state index in [-0.39, 0.29) is 5.78 Å². The first-order chi connectivity index (χ1) is 11.7. The Kier molecular flexibility index (Phi) is 15.2. The van der Waals surface area contributed by atoms with Crippen molar-refractivity contribution in [1.29, 1.82) is 0 Å². The highest BCUT2D eigenvalue weighted by atomic mass is 16.5. The smallest absolute Gasteiger partial charge is 0.192 e. The van der Waals surface area contributed by atoms with Crippen molar-refractivity contribution in [2.75, 3.05) is 7.11 Å². The number of ether oxygens (including phenoxy) is 2. The second-order valence-corrected chi connectivity index (χ2v) is 6.11. The van der Waals surface area contributed by atoms with Crippen molar-refractivity contribution in [3.63, 3.8) is 0 Å². The first-order valence-corrected chi connectivity index (χ1v) is 8.54. The quantitative estimate of drug-likeness (QED) is 0.758. The Bertz CT molecular complexity index is 454. The largest absolute Gasteiger partial charge is 0.386 e. The van der Waals surface area contributed by atoms with E-state index in [9.17, 15) is 9.59 Å².